The predicted molar refractivity (Wildman–Crippen MR) is 58.2 cm³/mol. The van der Waals surface area contributed by atoms with Crippen molar-refractivity contribution in [2.24, 2.45) is 5.92 Å². The van der Waals surface area contributed by atoms with Crippen molar-refractivity contribution >= 4 is 6.47 Å². The predicted octanol–water partition coefficient (Wildman–Crippen LogP) is 2.45. The van der Waals surface area contributed by atoms with Crippen molar-refractivity contribution in [1.29, 1.82) is 0 Å². The van der Waals surface area contributed by atoms with Gasteiger partial charge in [-0.3, -0.25) is 4.79 Å². The molecule has 0 aliphatic carbocycles. The second-order valence-electron chi connectivity index (χ2n) is 3.58. The molecule has 0 heterocycles. The SMILES string of the molecule is CC(C)=CCCC(C)CCO.O=CO. The molecule has 0 spiro atoms. The average molecular weight is 202 g/mol. The Kier molecular flexibility index (Phi) is 13.6. The molecule has 3 nitrogen and oxygen atoms in total. The Labute approximate surface area is 86.5 Å². The summed E-state index contributed by atoms with van der Waals surface area (Å²) in [6.07, 6.45) is 5.56. The van der Waals surface area contributed by atoms with Crippen molar-refractivity contribution in [3.05, 3.63) is 11.6 Å². The first-order valence-electron chi connectivity index (χ1n) is 4.90. The molecule has 0 rings (SSSR count). The molecule has 0 aromatic rings. The molecule has 0 aliphatic rings. The third-order valence-electron chi connectivity index (χ3n) is 1.83. The van der Waals surface area contributed by atoms with Gasteiger partial charge in [0.05, 0.1) is 0 Å². The number of carboxylic acid groups (broad SMARTS) is 1. The first-order chi connectivity index (χ1) is 6.58. The van der Waals surface area contributed by atoms with Gasteiger partial charge >= 0.3 is 0 Å². The van der Waals surface area contributed by atoms with E-state index in [-0.39, 0.29) is 6.47 Å². The molecule has 0 saturated heterocycles. The Bertz CT molecular complexity index is 149. The van der Waals surface area contributed by atoms with Crippen LogP contribution < -0.4 is 0 Å². The summed E-state index contributed by atoms with van der Waals surface area (Å²) in [5.41, 5.74) is 1.39. The molecule has 1 unspecified atom stereocenters. The first-order valence-corrected chi connectivity index (χ1v) is 4.90. The van der Waals surface area contributed by atoms with E-state index in [2.05, 4.69) is 26.8 Å². The number of rotatable bonds is 5. The zero-order chi connectivity index (χ0) is 11.4. The molecule has 0 fully saturated rings. The van der Waals surface area contributed by atoms with E-state index in [1.54, 1.807) is 0 Å². The second-order valence-corrected chi connectivity index (χ2v) is 3.58. The summed E-state index contributed by atoms with van der Waals surface area (Å²) in [6, 6.07) is 0. The van der Waals surface area contributed by atoms with Crippen LogP contribution in [0.2, 0.25) is 0 Å². The molecular weight excluding hydrogens is 180 g/mol. The molecule has 3 heteroatoms. The highest BCUT2D eigenvalue weighted by Gasteiger charge is 1.98. The molecule has 0 aromatic carbocycles. The molecule has 1 atom stereocenters. The van der Waals surface area contributed by atoms with Crippen LogP contribution in [-0.4, -0.2) is 23.3 Å². The summed E-state index contributed by atoms with van der Waals surface area (Å²) in [6.45, 7) is 6.51. The molecule has 0 radical (unpaired) electrons. The van der Waals surface area contributed by atoms with E-state index < -0.39 is 0 Å². The van der Waals surface area contributed by atoms with Crippen LogP contribution in [0.25, 0.3) is 0 Å². The third-order valence-corrected chi connectivity index (χ3v) is 1.83. The Morgan fingerprint density at radius 1 is 1.36 bits per heavy atom. The highest BCUT2D eigenvalue weighted by molar-refractivity contribution is 5.32. The summed E-state index contributed by atoms with van der Waals surface area (Å²) in [5.74, 6) is 0.663. The van der Waals surface area contributed by atoms with Crippen LogP contribution in [0.1, 0.15) is 40.0 Å². The van der Waals surface area contributed by atoms with Crippen molar-refractivity contribution in [2.45, 2.75) is 40.0 Å². The highest BCUT2D eigenvalue weighted by Crippen LogP contribution is 2.10. The van der Waals surface area contributed by atoms with Crippen LogP contribution in [0.15, 0.2) is 11.6 Å². The normalized spacial score (nSPS) is 10.9. The standard InChI is InChI=1S/C10H20O.CH2O2/c1-9(2)5-4-6-10(3)7-8-11;2-1-3/h5,10-11H,4,6-8H2,1-3H3;1H,(H,2,3). The maximum absolute atomic E-state index is 8.63. The molecule has 0 aromatic heterocycles. The second kappa shape index (κ2) is 12.2. The van der Waals surface area contributed by atoms with Gasteiger partial charge in [0.2, 0.25) is 0 Å². The van der Waals surface area contributed by atoms with Crippen molar-refractivity contribution in [1.82, 2.24) is 0 Å². The van der Waals surface area contributed by atoms with Crippen LogP contribution >= 0.6 is 0 Å². The fourth-order valence-corrected chi connectivity index (χ4v) is 1.02. The summed E-state index contributed by atoms with van der Waals surface area (Å²) < 4.78 is 0. The van der Waals surface area contributed by atoms with E-state index in [9.17, 15) is 0 Å². The van der Waals surface area contributed by atoms with Crippen LogP contribution in [0, 0.1) is 5.92 Å². The van der Waals surface area contributed by atoms with E-state index in [1.807, 2.05) is 0 Å². The molecule has 0 amide bonds. The fourth-order valence-electron chi connectivity index (χ4n) is 1.02. The average Bonchev–Trinajstić information content (AvgIpc) is 2.05. The fraction of sp³-hybridized carbons (Fsp3) is 0.727. The number of allylic oxidation sites excluding steroid dienone is 2. The van der Waals surface area contributed by atoms with Crippen LogP contribution in [-0.2, 0) is 4.79 Å². The number of carbonyl (C=O) groups is 1. The van der Waals surface area contributed by atoms with Gasteiger partial charge in [0.1, 0.15) is 0 Å². The lowest BCUT2D eigenvalue weighted by molar-refractivity contribution is -0.122. The van der Waals surface area contributed by atoms with Crippen molar-refractivity contribution in [2.75, 3.05) is 6.61 Å². The Hall–Kier alpha value is -0.830. The summed E-state index contributed by atoms with van der Waals surface area (Å²) in [5, 5.41) is 15.5. The summed E-state index contributed by atoms with van der Waals surface area (Å²) in [4.78, 5) is 8.36. The van der Waals surface area contributed by atoms with E-state index in [4.69, 9.17) is 15.0 Å². The van der Waals surface area contributed by atoms with Gasteiger partial charge in [0.15, 0.2) is 0 Å². The quantitative estimate of drug-likeness (QED) is 0.532. The smallest absolute Gasteiger partial charge is 0.290 e. The summed E-state index contributed by atoms with van der Waals surface area (Å²) >= 11 is 0. The molecule has 0 aliphatic heterocycles. The number of aliphatic hydroxyl groups excluding tert-OH is 1. The highest BCUT2D eigenvalue weighted by atomic mass is 16.3. The lowest BCUT2D eigenvalue weighted by atomic mass is 10.0. The van der Waals surface area contributed by atoms with Gasteiger partial charge in [-0.15, -0.1) is 0 Å². The minimum atomic E-state index is -0.250. The van der Waals surface area contributed by atoms with Crippen molar-refractivity contribution in [3.8, 4) is 0 Å². The maximum Gasteiger partial charge on any atom is 0.290 e. The van der Waals surface area contributed by atoms with Crippen molar-refractivity contribution < 1.29 is 15.0 Å². The number of hydrogen-bond acceptors (Lipinski definition) is 2. The Morgan fingerprint density at radius 2 is 1.86 bits per heavy atom. The zero-order valence-electron chi connectivity index (χ0n) is 9.36. The zero-order valence-corrected chi connectivity index (χ0v) is 9.36. The van der Waals surface area contributed by atoms with E-state index in [0.29, 0.717) is 12.5 Å². The van der Waals surface area contributed by atoms with Gasteiger partial charge in [0.25, 0.3) is 6.47 Å². The van der Waals surface area contributed by atoms with Gasteiger partial charge in [-0.05, 0) is 39.0 Å². The van der Waals surface area contributed by atoms with Gasteiger partial charge in [-0.25, -0.2) is 0 Å². The van der Waals surface area contributed by atoms with Crippen LogP contribution in [0.3, 0.4) is 0 Å². The number of aliphatic hydroxyl groups is 1. The van der Waals surface area contributed by atoms with Crippen LogP contribution in [0.4, 0.5) is 0 Å². The van der Waals surface area contributed by atoms with Gasteiger partial charge in [-0.1, -0.05) is 18.6 Å². The third kappa shape index (κ3) is 17.3. The van der Waals surface area contributed by atoms with Gasteiger partial charge in [-0.2, -0.15) is 0 Å². The molecule has 2 N–H and O–H groups in total. The van der Waals surface area contributed by atoms with E-state index in [0.717, 1.165) is 12.8 Å². The van der Waals surface area contributed by atoms with Gasteiger partial charge in [0, 0.05) is 6.61 Å². The lowest BCUT2D eigenvalue weighted by Crippen LogP contribution is -1.96. The van der Waals surface area contributed by atoms with Gasteiger partial charge < -0.3 is 10.2 Å². The lowest BCUT2D eigenvalue weighted by Gasteiger charge is -2.06. The minimum absolute atomic E-state index is 0.250. The topological polar surface area (TPSA) is 57.5 Å². The van der Waals surface area contributed by atoms with E-state index >= 15 is 0 Å². The summed E-state index contributed by atoms with van der Waals surface area (Å²) in [7, 11) is 0. The van der Waals surface area contributed by atoms with Crippen LogP contribution in [0.5, 0.6) is 0 Å². The number of hydrogen-bond donors (Lipinski definition) is 2. The Balaban J connectivity index is 0. The molecule has 0 bridgehead atoms. The molecule has 14 heavy (non-hydrogen) atoms. The molecule has 0 saturated carbocycles. The van der Waals surface area contributed by atoms with E-state index in [1.165, 1.54) is 12.0 Å². The monoisotopic (exact) mass is 202 g/mol. The maximum atomic E-state index is 8.63. The molecule has 84 valence electrons. The largest absolute Gasteiger partial charge is 0.483 e. The van der Waals surface area contributed by atoms with Crippen molar-refractivity contribution in [3.63, 3.8) is 0 Å². The Morgan fingerprint density at radius 3 is 2.21 bits per heavy atom. The minimum Gasteiger partial charge on any atom is -0.483 e. The molecular formula is C11H22O3. The first kappa shape index (κ1) is 15.6.